The van der Waals surface area contributed by atoms with Crippen LogP contribution in [0, 0.1) is 5.92 Å². The van der Waals surface area contributed by atoms with E-state index in [1.807, 2.05) is 23.2 Å². The van der Waals surface area contributed by atoms with Gasteiger partial charge in [0.25, 0.3) is 6.47 Å². The number of likely N-dealkylation sites (tertiary alicyclic amines) is 1. The van der Waals surface area contributed by atoms with Crippen molar-refractivity contribution in [2.75, 3.05) is 27.2 Å². The van der Waals surface area contributed by atoms with Crippen molar-refractivity contribution in [2.24, 2.45) is 5.92 Å². The molecule has 0 saturated carbocycles. The first-order valence-electron chi connectivity index (χ1n) is 13.4. The first kappa shape index (κ1) is 31.5. The number of methoxy groups -OCH3 is 1. The van der Waals surface area contributed by atoms with Gasteiger partial charge in [-0.3, -0.25) is 9.59 Å². The third kappa shape index (κ3) is 7.68. The van der Waals surface area contributed by atoms with E-state index in [2.05, 4.69) is 80.6 Å². The molecule has 0 radical (unpaired) electrons. The van der Waals surface area contributed by atoms with Gasteiger partial charge in [-0.2, -0.15) is 0 Å². The molecule has 0 aliphatic carbocycles. The van der Waals surface area contributed by atoms with Crippen LogP contribution in [-0.4, -0.2) is 72.8 Å². The molecule has 210 valence electrons. The molecule has 0 spiro atoms. The van der Waals surface area contributed by atoms with Crippen molar-refractivity contribution in [2.45, 2.75) is 78.6 Å². The lowest BCUT2D eigenvalue weighted by atomic mass is 9.79. The Kier molecular flexibility index (Phi) is 11.5. The van der Waals surface area contributed by atoms with E-state index in [9.17, 15) is 4.79 Å². The van der Waals surface area contributed by atoms with Gasteiger partial charge >= 0.3 is 7.12 Å². The van der Waals surface area contributed by atoms with Crippen LogP contribution in [0.2, 0.25) is 0 Å². The van der Waals surface area contributed by atoms with Gasteiger partial charge in [0.05, 0.1) is 42.8 Å². The van der Waals surface area contributed by atoms with Crippen molar-refractivity contribution in [1.82, 2.24) is 20.2 Å². The van der Waals surface area contributed by atoms with E-state index in [1.165, 1.54) is 13.5 Å². The maximum absolute atomic E-state index is 12.5. The minimum atomic E-state index is -0.372. The van der Waals surface area contributed by atoms with Crippen molar-refractivity contribution in [3.8, 4) is 11.3 Å². The summed E-state index contributed by atoms with van der Waals surface area (Å²) < 4.78 is 16.2. The van der Waals surface area contributed by atoms with Gasteiger partial charge in [0.1, 0.15) is 5.82 Å². The molecule has 1 aromatic carbocycles. The molecule has 10 heteroatoms. The van der Waals surface area contributed by atoms with Crippen LogP contribution < -0.4 is 10.8 Å². The predicted molar refractivity (Wildman–Crippen MR) is 151 cm³/mol. The molecule has 1 amide bonds. The zero-order valence-electron chi connectivity index (χ0n) is 24.5. The highest BCUT2D eigenvalue weighted by molar-refractivity contribution is 6.62. The molecule has 9 nitrogen and oxygen atoms in total. The van der Waals surface area contributed by atoms with Crippen LogP contribution in [0.4, 0.5) is 0 Å². The monoisotopic (exact) mass is 528 g/mol. The molecular weight excluding hydrogens is 483 g/mol. The molecule has 1 aromatic heterocycles. The fourth-order valence-electron chi connectivity index (χ4n) is 4.29. The Bertz CT molecular complexity index is 1010. The number of carbonyl (C=O) groups is 2. The number of hydrogen-bond donors (Lipinski definition) is 2. The number of imidazole rings is 1. The number of carbonyl (C=O) groups excluding carboxylic acids is 2. The molecule has 3 heterocycles. The van der Waals surface area contributed by atoms with Gasteiger partial charge in [0.2, 0.25) is 5.91 Å². The maximum atomic E-state index is 12.5. The number of ether oxygens (including phenoxy) is 1. The Morgan fingerprint density at radius 3 is 2.26 bits per heavy atom. The molecule has 0 bridgehead atoms. The van der Waals surface area contributed by atoms with E-state index in [1.54, 1.807) is 7.05 Å². The number of nitrogens with one attached hydrogen (secondary N) is 2. The minimum Gasteiger partial charge on any atom is -0.471 e. The zero-order valence-corrected chi connectivity index (χ0v) is 24.5. The number of rotatable bonds is 6. The molecule has 2 unspecified atom stereocenters. The van der Waals surface area contributed by atoms with Gasteiger partial charge in [-0.25, -0.2) is 4.98 Å². The van der Waals surface area contributed by atoms with E-state index in [0.29, 0.717) is 18.9 Å². The topological polar surface area (TPSA) is 106 Å². The highest BCUT2D eigenvalue weighted by Crippen LogP contribution is 2.37. The predicted octanol–water partition coefficient (Wildman–Crippen LogP) is 3.71. The summed E-state index contributed by atoms with van der Waals surface area (Å²) in [6.07, 6.45) is 4.02. The smallest absolute Gasteiger partial charge is 0.471 e. The fourth-order valence-corrected chi connectivity index (χ4v) is 4.29. The largest absolute Gasteiger partial charge is 0.494 e. The number of aromatic nitrogens is 2. The molecule has 38 heavy (non-hydrogen) atoms. The Labute approximate surface area is 228 Å². The summed E-state index contributed by atoms with van der Waals surface area (Å²) in [6.45, 7) is 16.1. The number of likely N-dealkylation sites (N-methyl/N-ethyl adjacent to an activating group) is 1. The Morgan fingerprint density at radius 2 is 1.76 bits per heavy atom. The quantitative estimate of drug-likeness (QED) is 0.435. The summed E-state index contributed by atoms with van der Waals surface area (Å²) in [7, 11) is 2.74. The van der Waals surface area contributed by atoms with E-state index in [4.69, 9.17) is 14.1 Å². The summed E-state index contributed by atoms with van der Waals surface area (Å²) in [5.74, 6) is 1.42. The fraction of sp³-hybridized carbons (Fsp3) is 0.607. The standard InChI is InChI=1S/C23H33BN4O3.C3H8.C2H4O2/c1-15-11-19(28(14-15)20(29)13-25-6)21-26-12-18(27-21)16-7-9-17(10-8-16)24-30-22(2,3)23(4,5)31-24;1-3-2;1-4-2-3/h7-10,12,15,19,25H,11,13-14H2,1-6H3,(H,26,27);3H2,1-2H3;2H,1H3. The van der Waals surface area contributed by atoms with E-state index in [-0.39, 0.29) is 30.3 Å². The summed E-state index contributed by atoms with van der Waals surface area (Å²) >= 11 is 0. The average molecular weight is 529 g/mol. The third-order valence-electron chi connectivity index (χ3n) is 6.91. The second-order valence-corrected chi connectivity index (χ2v) is 10.9. The molecule has 2 fully saturated rings. The van der Waals surface area contributed by atoms with Gasteiger partial charge in [-0.1, -0.05) is 51.5 Å². The minimum absolute atomic E-state index is 0.00590. The number of H-pyrrole nitrogens is 1. The van der Waals surface area contributed by atoms with Crippen molar-refractivity contribution in [3.05, 3.63) is 36.3 Å². The zero-order chi connectivity index (χ0) is 28.5. The molecule has 2 N–H and O–H groups in total. The maximum Gasteiger partial charge on any atom is 0.494 e. The van der Waals surface area contributed by atoms with Crippen LogP contribution in [0.25, 0.3) is 11.3 Å². The van der Waals surface area contributed by atoms with Crippen molar-refractivity contribution in [1.29, 1.82) is 0 Å². The van der Waals surface area contributed by atoms with Crippen molar-refractivity contribution >= 4 is 25.0 Å². The number of aromatic amines is 1. The molecule has 2 aliphatic rings. The van der Waals surface area contributed by atoms with E-state index < -0.39 is 0 Å². The summed E-state index contributed by atoms with van der Waals surface area (Å²) in [5.41, 5.74) is 2.26. The van der Waals surface area contributed by atoms with Crippen molar-refractivity contribution in [3.63, 3.8) is 0 Å². The summed E-state index contributed by atoms with van der Waals surface area (Å²) in [4.78, 5) is 31.5. The van der Waals surface area contributed by atoms with Gasteiger partial charge < -0.3 is 29.2 Å². The normalized spacial score (nSPS) is 21.2. The lowest BCUT2D eigenvalue weighted by molar-refractivity contribution is -0.131. The second kappa shape index (κ2) is 13.9. The number of amides is 1. The van der Waals surface area contributed by atoms with E-state index in [0.717, 1.165) is 35.5 Å². The summed E-state index contributed by atoms with van der Waals surface area (Å²) in [5, 5.41) is 2.96. The number of benzene rings is 1. The molecule has 2 atom stereocenters. The first-order valence-corrected chi connectivity index (χ1v) is 13.4. The second-order valence-electron chi connectivity index (χ2n) is 10.9. The molecule has 2 saturated heterocycles. The van der Waals surface area contributed by atoms with Gasteiger partial charge in [-0.05, 0) is 58.1 Å². The molecular formula is C28H45BN4O5. The van der Waals surface area contributed by atoms with E-state index >= 15 is 0 Å². The van der Waals surface area contributed by atoms with Crippen LogP contribution in [0.15, 0.2) is 30.5 Å². The Morgan fingerprint density at radius 1 is 1.21 bits per heavy atom. The lowest BCUT2D eigenvalue weighted by Gasteiger charge is -2.32. The molecule has 2 aromatic rings. The van der Waals surface area contributed by atoms with Crippen LogP contribution in [0.3, 0.4) is 0 Å². The third-order valence-corrected chi connectivity index (χ3v) is 6.91. The number of hydrogen-bond acceptors (Lipinski definition) is 7. The Hall–Kier alpha value is -2.69. The highest BCUT2D eigenvalue weighted by atomic mass is 16.7. The van der Waals surface area contributed by atoms with Crippen LogP contribution in [-0.2, 0) is 23.6 Å². The van der Waals surface area contributed by atoms with Gasteiger partial charge in [0, 0.05) is 6.54 Å². The van der Waals surface area contributed by atoms with Crippen LogP contribution in [0.5, 0.6) is 0 Å². The number of nitrogens with zero attached hydrogens (tertiary/aromatic N) is 2. The molecule has 2 aliphatic heterocycles. The average Bonchev–Trinajstić information content (AvgIpc) is 3.56. The van der Waals surface area contributed by atoms with Crippen LogP contribution >= 0.6 is 0 Å². The van der Waals surface area contributed by atoms with Crippen LogP contribution in [0.1, 0.15) is 73.2 Å². The summed E-state index contributed by atoms with van der Waals surface area (Å²) in [6, 6.07) is 8.18. The van der Waals surface area contributed by atoms with Crippen molar-refractivity contribution < 1.29 is 23.6 Å². The first-order chi connectivity index (χ1) is 17.9. The SMILES string of the molecule is CCC.CNCC(=O)N1CC(C)CC1c1ncc(-c2ccc(B3OC(C)(C)C(C)(C)O3)cc2)[nH]1.COC=O. The Balaban J connectivity index is 0.000000650. The van der Waals surface area contributed by atoms with Gasteiger partial charge in [-0.15, -0.1) is 0 Å². The van der Waals surface area contributed by atoms with Gasteiger partial charge in [0.15, 0.2) is 0 Å². The lowest BCUT2D eigenvalue weighted by Crippen LogP contribution is -2.41. The molecule has 4 rings (SSSR count). The highest BCUT2D eigenvalue weighted by Gasteiger charge is 2.51.